The van der Waals surface area contributed by atoms with Gasteiger partial charge in [0.1, 0.15) is 0 Å². The first-order chi connectivity index (χ1) is 6.91. The molecule has 0 aromatic heterocycles. The zero-order valence-electron chi connectivity index (χ0n) is 11.2. The van der Waals surface area contributed by atoms with E-state index in [9.17, 15) is 0 Å². The quantitative estimate of drug-likeness (QED) is 0.770. The lowest BCUT2D eigenvalue weighted by Crippen LogP contribution is -2.50. The summed E-state index contributed by atoms with van der Waals surface area (Å²) >= 11 is 0. The van der Waals surface area contributed by atoms with Crippen LogP contribution in [0.5, 0.6) is 0 Å². The average Bonchev–Trinajstić information content (AvgIpc) is 2.22. The van der Waals surface area contributed by atoms with E-state index in [0.717, 1.165) is 0 Å². The minimum Gasteiger partial charge on any atom is -0.314 e. The molecule has 0 radical (unpaired) electrons. The fourth-order valence-electron chi connectivity index (χ4n) is 2.24. The molecule has 2 nitrogen and oxygen atoms in total. The van der Waals surface area contributed by atoms with Crippen molar-refractivity contribution in [1.29, 1.82) is 0 Å². The van der Waals surface area contributed by atoms with Gasteiger partial charge in [0.15, 0.2) is 0 Å². The van der Waals surface area contributed by atoms with E-state index >= 15 is 0 Å². The van der Waals surface area contributed by atoms with Gasteiger partial charge in [0, 0.05) is 12.1 Å². The molecule has 15 heavy (non-hydrogen) atoms. The lowest BCUT2D eigenvalue weighted by molar-refractivity contribution is 0.0948. The second kappa shape index (κ2) is 4.84. The Morgan fingerprint density at radius 1 is 1.27 bits per heavy atom. The highest BCUT2D eigenvalue weighted by atomic mass is 15.2. The first-order valence-corrected chi connectivity index (χ1v) is 6.32. The van der Waals surface area contributed by atoms with Crippen molar-refractivity contribution in [2.75, 3.05) is 26.7 Å². The smallest absolute Gasteiger partial charge is 0.0249 e. The van der Waals surface area contributed by atoms with Gasteiger partial charge in [-0.1, -0.05) is 20.3 Å². The van der Waals surface area contributed by atoms with Gasteiger partial charge in [-0.2, -0.15) is 0 Å². The van der Waals surface area contributed by atoms with Crippen molar-refractivity contribution in [2.45, 2.75) is 52.5 Å². The standard InChI is InChI=1S/C13H28N2/c1-6-13(4)7-9-15(10-8-13)11-12(2,3)14-5/h14H,6-11H2,1-5H3. The van der Waals surface area contributed by atoms with Crippen LogP contribution in [-0.4, -0.2) is 37.1 Å². The van der Waals surface area contributed by atoms with Gasteiger partial charge in [-0.15, -0.1) is 0 Å². The molecule has 0 atom stereocenters. The normalized spacial score (nSPS) is 23.0. The van der Waals surface area contributed by atoms with Crippen molar-refractivity contribution in [2.24, 2.45) is 5.41 Å². The van der Waals surface area contributed by atoms with Crippen LogP contribution < -0.4 is 5.32 Å². The van der Waals surface area contributed by atoms with Gasteiger partial charge in [0.05, 0.1) is 0 Å². The van der Waals surface area contributed by atoms with E-state index in [1.165, 1.54) is 38.9 Å². The Labute approximate surface area is 95.4 Å². The number of rotatable bonds is 4. The number of piperidine rings is 1. The maximum atomic E-state index is 3.38. The molecule has 0 aliphatic carbocycles. The Hall–Kier alpha value is -0.0800. The molecule has 1 aliphatic heterocycles. The molecule has 1 rings (SSSR count). The summed E-state index contributed by atoms with van der Waals surface area (Å²) in [6.07, 6.45) is 4.06. The Balaban J connectivity index is 2.38. The minimum absolute atomic E-state index is 0.250. The SMILES string of the molecule is CCC1(C)CCN(CC(C)(C)NC)CC1. The molecule has 0 spiro atoms. The number of hydrogen-bond acceptors (Lipinski definition) is 2. The largest absolute Gasteiger partial charge is 0.314 e. The van der Waals surface area contributed by atoms with Crippen LogP contribution in [0.4, 0.5) is 0 Å². The van der Waals surface area contributed by atoms with Gasteiger partial charge >= 0.3 is 0 Å². The van der Waals surface area contributed by atoms with Crippen LogP contribution in [0.1, 0.15) is 47.0 Å². The molecule has 1 heterocycles. The van der Waals surface area contributed by atoms with Crippen LogP contribution in [0.2, 0.25) is 0 Å². The van der Waals surface area contributed by atoms with Gasteiger partial charge in [0.2, 0.25) is 0 Å². The first-order valence-electron chi connectivity index (χ1n) is 6.32. The van der Waals surface area contributed by atoms with E-state index in [1.54, 1.807) is 0 Å². The third kappa shape index (κ3) is 3.76. The monoisotopic (exact) mass is 212 g/mol. The van der Waals surface area contributed by atoms with Gasteiger partial charge in [-0.05, 0) is 52.2 Å². The second-order valence-electron chi connectivity index (χ2n) is 6.07. The maximum absolute atomic E-state index is 3.38. The molecule has 0 bridgehead atoms. The third-order valence-electron chi connectivity index (χ3n) is 4.21. The molecule has 1 fully saturated rings. The highest BCUT2D eigenvalue weighted by molar-refractivity contribution is 4.86. The van der Waals surface area contributed by atoms with Crippen LogP contribution in [-0.2, 0) is 0 Å². The molecule has 0 aromatic rings. The summed E-state index contributed by atoms with van der Waals surface area (Å²) in [5.74, 6) is 0. The topological polar surface area (TPSA) is 15.3 Å². The summed E-state index contributed by atoms with van der Waals surface area (Å²) < 4.78 is 0. The second-order valence-corrected chi connectivity index (χ2v) is 6.07. The van der Waals surface area contributed by atoms with Gasteiger partial charge in [-0.3, -0.25) is 0 Å². The summed E-state index contributed by atoms with van der Waals surface area (Å²) in [4.78, 5) is 2.61. The van der Waals surface area contributed by atoms with Crippen molar-refractivity contribution in [3.63, 3.8) is 0 Å². The summed E-state index contributed by atoms with van der Waals surface area (Å²) in [7, 11) is 2.06. The predicted octanol–water partition coefficient (Wildman–Crippen LogP) is 2.50. The average molecular weight is 212 g/mol. The van der Waals surface area contributed by atoms with Crippen molar-refractivity contribution >= 4 is 0 Å². The summed E-state index contributed by atoms with van der Waals surface area (Å²) in [6.45, 7) is 13.0. The Morgan fingerprint density at radius 2 is 1.80 bits per heavy atom. The highest BCUT2D eigenvalue weighted by Gasteiger charge is 2.30. The number of likely N-dealkylation sites (tertiary alicyclic amines) is 1. The van der Waals surface area contributed by atoms with Crippen LogP contribution >= 0.6 is 0 Å². The van der Waals surface area contributed by atoms with Crippen LogP contribution in [0.15, 0.2) is 0 Å². The predicted molar refractivity (Wildman–Crippen MR) is 67.2 cm³/mol. The van der Waals surface area contributed by atoms with E-state index < -0.39 is 0 Å². The molecule has 2 heteroatoms. The molecular weight excluding hydrogens is 184 g/mol. The van der Waals surface area contributed by atoms with Crippen molar-refractivity contribution in [3.8, 4) is 0 Å². The third-order valence-corrected chi connectivity index (χ3v) is 4.21. The van der Waals surface area contributed by atoms with Gasteiger partial charge < -0.3 is 10.2 Å². The van der Waals surface area contributed by atoms with Crippen molar-refractivity contribution in [1.82, 2.24) is 10.2 Å². The molecule has 1 saturated heterocycles. The highest BCUT2D eigenvalue weighted by Crippen LogP contribution is 2.34. The molecule has 0 saturated carbocycles. The van der Waals surface area contributed by atoms with Crippen LogP contribution in [0.3, 0.4) is 0 Å². The molecule has 0 amide bonds. The van der Waals surface area contributed by atoms with Crippen molar-refractivity contribution in [3.05, 3.63) is 0 Å². The van der Waals surface area contributed by atoms with E-state index in [1.807, 2.05) is 0 Å². The number of nitrogens with zero attached hydrogens (tertiary/aromatic N) is 1. The molecular formula is C13H28N2. The minimum atomic E-state index is 0.250. The van der Waals surface area contributed by atoms with Crippen LogP contribution in [0, 0.1) is 5.41 Å². The van der Waals surface area contributed by atoms with Gasteiger partial charge in [-0.25, -0.2) is 0 Å². The van der Waals surface area contributed by atoms with Gasteiger partial charge in [0.25, 0.3) is 0 Å². The first kappa shape index (κ1) is 13.0. The number of hydrogen-bond donors (Lipinski definition) is 1. The fraction of sp³-hybridized carbons (Fsp3) is 1.00. The zero-order valence-corrected chi connectivity index (χ0v) is 11.2. The van der Waals surface area contributed by atoms with Crippen LogP contribution in [0.25, 0.3) is 0 Å². The van der Waals surface area contributed by atoms with E-state index in [2.05, 4.69) is 45.0 Å². The Bertz CT molecular complexity index is 191. The molecule has 90 valence electrons. The Kier molecular flexibility index (Phi) is 4.19. The number of nitrogens with one attached hydrogen (secondary N) is 1. The summed E-state index contributed by atoms with van der Waals surface area (Å²) in [6, 6.07) is 0. The molecule has 0 unspecified atom stereocenters. The lowest BCUT2D eigenvalue weighted by atomic mass is 9.78. The summed E-state index contributed by atoms with van der Waals surface area (Å²) in [5, 5.41) is 3.38. The zero-order chi connectivity index (χ0) is 11.5. The lowest BCUT2D eigenvalue weighted by Gasteiger charge is -2.41. The molecule has 1 aliphatic rings. The molecule has 0 aromatic carbocycles. The van der Waals surface area contributed by atoms with Crippen molar-refractivity contribution < 1.29 is 0 Å². The van der Waals surface area contributed by atoms with E-state index in [-0.39, 0.29) is 5.54 Å². The maximum Gasteiger partial charge on any atom is 0.0249 e. The molecule has 1 N–H and O–H groups in total. The van der Waals surface area contributed by atoms with E-state index in [4.69, 9.17) is 0 Å². The Morgan fingerprint density at radius 3 is 2.20 bits per heavy atom. The summed E-state index contributed by atoms with van der Waals surface area (Å²) in [5.41, 5.74) is 0.861. The number of likely N-dealkylation sites (N-methyl/N-ethyl adjacent to an activating group) is 1. The fourth-order valence-corrected chi connectivity index (χ4v) is 2.24. The van der Waals surface area contributed by atoms with E-state index in [0.29, 0.717) is 5.41 Å².